The van der Waals surface area contributed by atoms with E-state index >= 15 is 0 Å². The SMILES string of the molecule is Cc1ccc(-c2ccc(O)cc2)cc1C(=O)O. The average molecular weight is 228 g/mol. The highest BCUT2D eigenvalue weighted by atomic mass is 16.4. The van der Waals surface area contributed by atoms with Crippen LogP contribution in [0.5, 0.6) is 5.75 Å². The molecule has 0 amide bonds. The first kappa shape index (κ1) is 11.2. The van der Waals surface area contributed by atoms with Gasteiger partial charge in [0.25, 0.3) is 0 Å². The lowest BCUT2D eigenvalue weighted by Crippen LogP contribution is -1.99. The summed E-state index contributed by atoms with van der Waals surface area (Å²) in [6.07, 6.45) is 0. The van der Waals surface area contributed by atoms with Gasteiger partial charge in [0, 0.05) is 0 Å². The topological polar surface area (TPSA) is 57.5 Å². The van der Waals surface area contributed by atoms with Gasteiger partial charge in [-0.1, -0.05) is 24.3 Å². The van der Waals surface area contributed by atoms with E-state index < -0.39 is 5.97 Å². The smallest absolute Gasteiger partial charge is 0.335 e. The maximum Gasteiger partial charge on any atom is 0.335 e. The third-order valence-electron chi connectivity index (χ3n) is 2.67. The molecule has 2 N–H and O–H groups in total. The Morgan fingerprint density at radius 3 is 2.18 bits per heavy atom. The molecule has 86 valence electrons. The van der Waals surface area contributed by atoms with Gasteiger partial charge in [-0.25, -0.2) is 4.79 Å². The van der Waals surface area contributed by atoms with E-state index in [0.717, 1.165) is 16.7 Å². The Bertz CT molecular complexity index is 556. The Balaban J connectivity index is 2.50. The lowest BCUT2D eigenvalue weighted by molar-refractivity contribution is 0.0696. The molecule has 3 nitrogen and oxygen atoms in total. The van der Waals surface area contributed by atoms with Crippen molar-refractivity contribution in [2.75, 3.05) is 0 Å². The van der Waals surface area contributed by atoms with Crippen LogP contribution in [0.1, 0.15) is 15.9 Å². The zero-order chi connectivity index (χ0) is 12.4. The maximum atomic E-state index is 11.0. The van der Waals surface area contributed by atoms with Crippen LogP contribution in [0.4, 0.5) is 0 Å². The molecule has 0 aromatic heterocycles. The second-order valence-electron chi connectivity index (χ2n) is 3.88. The largest absolute Gasteiger partial charge is 0.508 e. The van der Waals surface area contributed by atoms with E-state index in [9.17, 15) is 9.90 Å². The summed E-state index contributed by atoms with van der Waals surface area (Å²) < 4.78 is 0. The molecule has 2 aromatic carbocycles. The molecule has 0 aliphatic carbocycles. The molecule has 2 rings (SSSR count). The minimum Gasteiger partial charge on any atom is -0.508 e. The molecule has 0 atom stereocenters. The van der Waals surface area contributed by atoms with E-state index in [1.54, 1.807) is 43.3 Å². The predicted molar refractivity (Wildman–Crippen MR) is 65.2 cm³/mol. The normalized spacial score (nSPS) is 10.2. The third-order valence-corrected chi connectivity index (χ3v) is 2.67. The highest BCUT2D eigenvalue weighted by Gasteiger charge is 2.08. The minimum absolute atomic E-state index is 0.194. The zero-order valence-corrected chi connectivity index (χ0v) is 9.34. The van der Waals surface area contributed by atoms with Gasteiger partial charge in [-0.3, -0.25) is 0 Å². The molecule has 0 unspecified atom stereocenters. The van der Waals surface area contributed by atoms with Crippen molar-refractivity contribution in [3.8, 4) is 16.9 Å². The summed E-state index contributed by atoms with van der Waals surface area (Å²) in [7, 11) is 0. The minimum atomic E-state index is -0.928. The molecule has 0 spiro atoms. The Kier molecular flexibility index (Phi) is 2.83. The number of hydrogen-bond donors (Lipinski definition) is 2. The number of phenols is 1. The molecule has 0 saturated heterocycles. The first-order chi connectivity index (χ1) is 8.08. The molecule has 17 heavy (non-hydrogen) atoms. The number of carboxylic acids is 1. The van der Waals surface area contributed by atoms with E-state index in [1.807, 2.05) is 6.07 Å². The van der Waals surface area contributed by atoms with Gasteiger partial charge in [0.05, 0.1) is 5.56 Å². The Morgan fingerprint density at radius 2 is 1.59 bits per heavy atom. The van der Waals surface area contributed by atoms with Crippen LogP contribution in [0, 0.1) is 6.92 Å². The van der Waals surface area contributed by atoms with Crippen molar-refractivity contribution in [3.63, 3.8) is 0 Å². The fraction of sp³-hybridized carbons (Fsp3) is 0.0714. The van der Waals surface area contributed by atoms with E-state index in [-0.39, 0.29) is 5.75 Å². The number of carboxylic acid groups (broad SMARTS) is 1. The van der Waals surface area contributed by atoms with Crippen molar-refractivity contribution in [2.24, 2.45) is 0 Å². The first-order valence-electron chi connectivity index (χ1n) is 5.21. The fourth-order valence-electron chi connectivity index (χ4n) is 1.69. The molecule has 3 heteroatoms. The number of aromatic carboxylic acids is 1. The van der Waals surface area contributed by atoms with Gasteiger partial charge < -0.3 is 10.2 Å². The lowest BCUT2D eigenvalue weighted by atomic mass is 10.00. The summed E-state index contributed by atoms with van der Waals surface area (Å²) in [5.41, 5.74) is 2.74. The lowest BCUT2D eigenvalue weighted by Gasteiger charge is -2.06. The molecule has 2 aromatic rings. The standard InChI is InChI=1S/C14H12O3/c1-9-2-3-11(8-13(9)14(16)17)10-4-6-12(15)7-5-10/h2-8,15H,1H3,(H,16,17). The molecular weight excluding hydrogens is 216 g/mol. The summed E-state index contributed by atoms with van der Waals surface area (Å²) in [6.45, 7) is 1.77. The van der Waals surface area contributed by atoms with Crippen LogP contribution in [0.15, 0.2) is 42.5 Å². The zero-order valence-electron chi connectivity index (χ0n) is 9.34. The highest BCUT2D eigenvalue weighted by Crippen LogP contribution is 2.24. The van der Waals surface area contributed by atoms with Gasteiger partial charge in [0.1, 0.15) is 5.75 Å². The van der Waals surface area contributed by atoms with Gasteiger partial charge in [-0.15, -0.1) is 0 Å². The summed E-state index contributed by atoms with van der Waals surface area (Å²) in [4.78, 5) is 11.0. The molecule has 0 fully saturated rings. The molecule has 0 heterocycles. The molecule has 0 aliphatic rings. The van der Waals surface area contributed by atoms with E-state index in [0.29, 0.717) is 5.56 Å². The van der Waals surface area contributed by atoms with Gasteiger partial charge in [-0.05, 0) is 41.8 Å². The molecule has 0 bridgehead atoms. The molecule has 0 saturated carbocycles. The number of hydrogen-bond acceptors (Lipinski definition) is 2. The Hall–Kier alpha value is -2.29. The van der Waals surface area contributed by atoms with Crippen molar-refractivity contribution in [1.29, 1.82) is 0 Å². The molecule has 0 radical (unpaired) electrons. The Morgan fingerprint density at radius 1 is 1.00 bits per heavy atom. The van der Waals surface area contributed by atoms with Crippen LogP contribution >= 0.6 is 0 Å². The molecule has 0 aliphatic heterocycles. The number of benzene rings is 2. The third kappa shape index (κ3) is 2.28. The van der Waals surface area contributed by atoms with E-state index in [2.05, 4.69) is 0 Å². The van der Waals surface area contributed by atoms with Crippen LogP contribution in [-0.2, 0) is 0 Å². The number of phenolic OH excluding ortho intramolecular Hbond substituents is 1. The van der Waals surface area contributed by atoms with Crippen molar-refractivity contribution in [1.82, 2.24) is 0 Å². The van der Waals surface area contributed by atoms with Crippen molar-refractivity contribution >= 4 is 5.97 Å². The van der Waals surface area contributed by atoms with Crippen LogP contribution < -0.4 is 0 Å². The maximum absolute atomic E-state index is 11.0. The number of aromatic hydroxyl groups is 1. The van der Waals surface area contributed by atoms with Crippen molar-refractivity contribution < 1.29 is 15.0 Å². The summed E-state index contributed by atoms with van der Waals surface area (Å²) in [5.74, 6) is -0.734. The van der Waals surface area contributed by atoms with Crippen LogP contribution in [0.3, 0.4) is 0 Å². The number of aryl methyl sites for hydroxylation is 1. The van der Waals surface area contributed by atoms with Gasteiger partial charge in [-0.2, -0.15) is 0 Å². The quantitative estimate of drug-likeness (QED) is 0.830. The van der Waals surface area contributed by atoms with E-state index in [4.69, 9.17) is 5.11 Å². The second-order valence-corrected chi connectivity index (χ2v) is 3.88. The fourth-order valence-corrected chi connectivity index (χ4v) is 1.69. The number of carbonyl (C=O) groups is 1. The van der Waals surface area contributed by atoms with Crippen molar-refractivity contribution in [3.05, 3.63) is 53.6 Å². The summed E-state index contributed by atoms with van der Waals surface area (Å²) in [6, 6.07) is 12.0. The predicted octanol–water partition coefficient (Wildman–Crippen LogP) is 3.07. The monoisotopic (exact) mass is 228 g/mol. The van der Waals surface area contributed by atoms with E-state index in [1.165, 1.54) is 0 Å². The van der Waals surface area contributed by atoms with Crippen molar-refractivity contribution in [2.45, 2.75) is 6.92 Å². The van der Waals surface area contributed by atoms with Crippen LogP contribution in [-0.4, -0.2) is 16.2 Å². The Labute approximate surface area is 99.0 Å². The molecular formula is C14H12O3. The average Bonchev–Trinajstić information content (AvgIpc) is 2.30. The van der Waals surface area contributed by atoms with Gasteiger partial charge in [0.15, 0.2) is 0 Å². The second kappa shape index (κ2) is 4.29. The summed E-state index contributed by atoms with van der Waals surface area (Å²) >= 11 is 0. The number of rotatable bonds is 2. The van der Waals surface area contributed by atoms with Gasteiger partial charge in [0.2, 0.25) is 0 Å². The van der Waals surface area contributed by atoms with Gasteiger partial charge >= 0.3 is 5.97 Å². The highest BCUT2D eigenvalue weighted by molar-refractivity contribution is 5.91. The van der Waals surface area contributed by atoms with Crippen LogP contribution in [0.25, 0.3) is 11.1 Å². The first-order valence-corrected chi connectivity index (χ1v) is 5.21. The van der Waals surface area contributed by atoms with Crippen LogP contribution in [0.2, 0.25) is 0 Å². The summed E-state index contributed by atoms with van der Waals surface area (Å²) in [5, 5.41) is 18.2.